The molecular formula is C10H9N3O3. The van der Waals surface area contributed by atoms with Crippen LogP contribution < -0.4 is 10.1 Å². The summed E-state index contributed by atoms with van der Waals surface area (Å²) in [5, 5.41) is 9.47. The number of carbonyl (C=O) groups is 1. The van der Waals surface area contributed by atoms with Crippen LogP contribution in [-0.2, 0) is 0 Å². The highest BCUT2D eigenvalue weighted by Gasteiger charge is 2.09. The molecule has 0 aliphatic carbocycles. The molecule has 1 heterocycles. The van der Waals surface area contributed by atoms with Crippen LogP contribution in [0.3, 0.4) is 0 Å². The third-order valence-electron chi connectivity index (χ3n) is 1.69. The number of hydrogen-bond acceptors (Lipinski definition) is 5. The first kappa shape index (κ1) is 10.2. The average molecular weight is 219 g/mol. The number of nitrogens with one attached hydrogen (secondary N) is 1. The molecule has 0 fully saturated rings. The van der Waals surface area contributed by atoms with Crippen molar-refractivity contribution in [2.24, 2.45) is 0 Å². The molecule has 1 N–H and O–H groups in total. The monoisotopic (exact) mass is 219 g/mol. The summed E-state index contributed by atoms with van der Waals surface area (Å²) in [5.41, 5.74) is 0. The van der Waals surface area contributed by atoms with Crippen LogP contribution in [-0.4, -0.2) is 16.3 Å². The Labute approximate surface area is 91.2 Å². The van der Waals surface area contributed by atoms with Crippen LogP contribution in [0.25, 0.3) is 0 Å². The van der Waals surface area contributed by atoms with Crippen molar-refractivity contribution in [1.82, 2.24) is 10.2 Å². The minimum atomic E-state index is -0.671. The lowest BCUT2D eigenvalue weighted by atomic mass is 10.3. The number of aryl methyl sites for hydroxylation is 1. The third-order valence-corrected chi connectivity index (χ3v) is 1.69. The Morgan fingerprint density at radius 3 is 2.69 bits per heavy atom. The molecule has 0 radical (unpaired) electrons. The number of benzene rings is 1. The standard InChI is InChI=1S/C10H9N3O3/c1-7-12-13-9(15-7)11-10(14)16-8-5-3-2-4-6-8/h2-6H,1H3,(H,11,13,14). The van der Waals surface area contributed by atoms with Gasteiger partial charge in [0.15, 0.2) is 0 Å². The predicted octanol–water partition coefficient (Wildman–Crippen LogP) is 1.99. The molecule has 16 heavy (non-hydrogen) atoms. The van der Waals surface area contributed by atoms with E-state index in [4.69, 9.17) is 9.15 Å². The molecule has 6 heteroatoms. The van der Waals surface area contributed by atoms with Crippen molar-refractivity contribution in [2.75, 3.05) is 5.32 Å². The summed E-state index contributed by atoms with van der Waals surface area (Å²) < 4.78 is 9.91. The van der Waals surface area contributed by atoms with Crippen LogP contribution in [0.15, 0.2) is 34.7 Å². The molecule has 1 aromatic carbocycles. The molecule has 0 saturated heterocycles. The van der Waals surface area contributed by atoms with Crippen molar-refractivity contribution in [1.29, 1.82) is 0 Å². The number of rotatable bonds is 2. The molecule has 1 amide bonds. The second-order valence-corrected chi connectivity index (χ2v) is 2.95. The number of carbonyl (C=O) groups excluding carboxylic acids is 1. The lowest BCUT2D eigenvalue weighted by molar-refractivity contribution is 0.214. The van der Waals surface area contributed by atoms with Crippen LogP contribution in [0.1, 0.15) is 5.89 Å². The van der Waals surface area contributed by atoms with E-state index in [0.717, 1.165) is 0 Å². The summed E-state index contributed by atoms with van der Waals surface area (Å²) >= 11 is 0. The highest BCUT2D eigenvalue weighted by atomic mass is 16.6. The van der Waals surface area contributed by atoms with Gasteiger partial charge in [-0.05, 0) is 12.1 Å². The fourth-order valence-electron chi connectivity index (χ4n) is 1.06. The average Bonchev–Trinajstić information content (AvgIpc) is 2.65. The molecule has 0 aliphatic heterocycles. The van der Waals surface area contributed by atoms with E-state index < -0.39 is 6.09 Å². The second-order valence-electron chi connectivity index (χ2n) is 2.95. The van der Waals surface area contributed by atoms with E-state index in [0.29, 0.717) is 11.6 Å². The highest BCUT2D eigenvalue weighted by Crippen LogP contribution is 2.10. The Morgan fingerprint density at radius 2 is 2.06 bits per heavy atom. The third kappa shape index (κ3) is 2.57. The van der Waals surface area contributed by atoms with Gasteiger partial charge in [-0.3, -0.25) is 0 Å². The first-order valence-electron chi connectivity index (χ1n) is 4.58. The quantitative estimate of drug-likeness (QED) is 0.835. The van der Waals surface area contributed by atoms with Gasteiger partial charge in [-0.1, -0.05) is 23.3 Å². The largest absolute Gasteiger partial charge is 0.420 e. The van der Waals surface area contributed by atoms with Gasteiger partial charge < -0.3 is 9.15 Å². The maximum Gasteiger partial charge on any atom is 0.420 e. The zero-order chi connectivity index (χ0) is 11.4. The van der Waals surface area contributed by atoms with E-state index in [1.54, 1.807) is 31.2 Å². The summed E-state index contributed by atoms with van der Waals surface area (Å²) in [4.78, 5) is 11.3. The van der Waals surface area contributed by atoms with Crippen LogP contribution >= 0.6 is 0 Å². The smallest absolute Gasteiger partial charge is 0.410 e. The van der Waals surface area contributed by atoms with Crippen molar-refractivity contribution in [3.63, 3.8) is 0 Å². The van der Waals surface area contributed by atoms with Gasteiger partial charge in [-0.15, -0.1) is 5.10 Å². The summed E-state index contributed by atoms with van der Waals surface area (Å²) in [5.74, 6) is 0.811. The first-order chi connectivity index (χ1) is 7.74. The molecule has 82 valence electrons. The fourth-order valence-corrected chi connectivity index (χ4v) is 1.06. The molecule has 0 aliphatic rings. The van der Waals surface area contributed by atoms with E-state index in [1.807, 2.05) is 6.07 Å². The Hall–Kier alpha value is -2.37. The Kier molecular flexibility index (Phi) is 2.81. The van der Waals surface area contributed by atoms with E-state index in [9.17, 15) is 4.79 Å². The molecule has 0 spiro atoms. The second kappa shape index (κ2) is 4.43. The fraction of sp³-hybridized carbons (Fsp3) is 0.100. The Balaban J connectivity index is 1.95. The van der Waals surface area contributed by atoms with Crippen LogP contribution in [0, 0.1) is 6.92 Å². The molecule has 2 aromatic rings. The van der Waals surface area contributed by atoms with E-state index in [-0.39, 0.29) is 6.01 Å². The van der Waals surface area contributed by atoms with Gasteiger partial charge in [0, 0.05) is 6.92 Å². The molecule has 0 unspecified atom stereocenters. The summed E-state index contributed by atoms with van der Waals surface area (Å²) in [6.45, 7) is 1.63. The van der Waals surface area contributed by atoms with Crippen molar-refractivity contribution in [3.05, 3.63) is 36.2 Å². The number of aromatic nitrogens is 2. The summed E-state index contributed by atoms with van der Waals surface area (Å²) in [7, 11) is 0. The minimum absolute atomic E-state index is 0.0124. The van der Waals surface area contributed by atoms with E-state index >= 15 is 0 Å². The zero-order valence-corrected chi connectivity index (χ0v) is 8.51. The van der Waals surface area contributed by atoms with Crippen LogP contribution in [0.5, 0.6) is 5.75 Å². The maximum atomic E-state index is 11.3. The van der Waals surface area contributed by atoms with Crippen molar-refractivity contribution in [2.45, 2.75) is 6.92 Å². The number of hydrogen-bond donors (Lipinski definition) is 1. The van der Waals surface area contributed by atoms with Crippen molar-refractivity contribution < 1.29 is 13.9 Å². The van der Waals surface area contributed by atoms with Crippen molar-refractivity contribution in [3.8, 4) is 5.75 Å². The lowest BCUT2D eigenvalue weighted by Crippen LogP contribution is -2.16. The number of ether oxygens (including phenoxy) is 1. The lowest BCUT2D eigenvalue weighted by Gasteiger charge is -2.02. The maximum absolute atomic E-state index is 11.3. The minimum Gasteiger partial charge on any atom is -0.410 e. The van der Waals surface area contributed by atoms with Crippen molar-refractivity contribution >= 4 is 12.1 Å². The molecular weight excluding hydrogens is 210 g/mol. The number of anilines is 1. The molecule has 0 atom stereocenters. The molecule has 0 saturated carbocycles. The zero-order valence-electron chi connectivity index (χ0n) is 8.51. The number of para-hydroxylation sites is 1. The molecule has 2 rings (SSSR count). The van der Waals surface area contributed by atoms with Crippen LogP contribution in [0.4, 0.5) is 10.8 Å². The number of amides is 1. The van der Waals surface area contributed by atoms with Gasteiger partial charge >= 0.3 is 12.1 Å². The molecule has 1 aromatic heterocycles. The topological polar surface area (TPSA) is 77.2 Å². The number of nitrogens with zero attached hydrogens (tertiary/aromatic N) is 2. The van der Waals surface area contributed by atoms with E-state index in [2.05, 4.69) is 15.5 Å². The first-order valence-corrected chi connectivity index (χ1v) is 4.58. The van der Waals surface area contributed by atoms with Gasteiger partial charge in [0.1, 0.15) is 5.75 Å². The molecule has 0 bridgehead atoms. The normalized spacial score (nSPS) is 9.81. The Bertz CT molecular complexity index is 481. The summed E-state index contributed by atoms with van der Waals surface area (Å²) in [6, 6.07) is 8.70. The van der Waals surface area contributed by atoms with Crippen LogP contribution in [0.2, 0.25) is 0 Å². The molecule has 6 nitrogen and oxygen atoms in total. The van der Waals surface area contributed by atoms with Gasteiger partial charge in [-0.2, -0.15) is 0 Å². The van der Waals surface area contributed by atoms with Gasteiger partial charge in [0.05, 0.1) is 0 Å². The predicted molar refractivity (Wildman–Crippen MR) is 55.1 cm³/mol. The van der Waals surface area contributed by atoms with E-state index in [1.165, 1.54) is 0 Å². The SMILES string of the molecule is Cc1nnc(NC(=O)Oc2ccccc2)o1. The Morgan fingerprint density at radius 1 is 1.31 bits per heavy atom. The summed E-state index contributed by atoms with van der Waals surface area (Å²) in [6.07, 6.45) is -0.671. The van der Waals surface area contributed by atoms with Gasteiger partial charge in [0.2, 0.25) is 5.89 Å². The van der Waals surface area contributed by atoms with Gasteiger partial charge in [-0.25, -0.2) is 10.1 Å². The highest BCUT2D eigenvalue weighted by molar-refractivity contribution is 5.83. The van der Waals surface area contributed by atoms with Gasteiger partial charge in [0.25, 0.3) is 0 Å².